The highest BCUT2D eigenvalue weighted by atomic mass is 19.1. The van der Waals surface area contributed by atoms with E-state index >= 15 is 0 Å². The van der Waals surface area contributed by atoms with Crippen molar-refractivity contribution in [2.45, 2.75) is 6.42 Å². The van der Waals surface area contributed by atoms with E-state index in [2.05, 4.69) is 4.74 Å². The summed E-state index contributed by atoms with van der Waals surface area (Å²) in [6.45, 7) is 0. The summed E-state index contributed by atoms with van der Waals surface area (Å²) >= 11 is 0. The second-order valence-electron chi connectivity index (χ2n) is 2.72. The van der Waals surface area contributed by atoms with Crippen LogP contribution in [0.25, 0.3) is 0 Å². The zero-order chi connectivity index (χ0) is 13.4. The molecule has 7 heteroatoms. The number of hydrogen-bond donors (Lipinski definition) is 1. The quantitative estimate of drug-likeness (QED) is 0.861. The number of ether oxygens (including phenoxy) is 1. The fourth-order valence-electron chi connectivity index (χ4n) is 1.02. The first-order chi connectivity index (χ1) is 7.96. The number of carbonyl (C=O) groups excluding carboxylic acids is 2. The highest BCUT2D eigenvalue weighted by Crippen LogP contribution is 2.20. The van der Waals surface area contributed by atoms with Gasteiger partial charge in [-0.05, 0) is 0 Å². The molecule has 1 aromatic rings. The maximum absolute atomic E-state index is 13.1. The Morgan fingerprint density at radius 2 is 1.76 bits per heavy atom. The van der Waals surface area contributed by atoms with Crippen LogP contribution in [0, 0.1) is 11.6 Å². The molecule has 1 N–H and O–H groups in total. The molecule has 17 heavy (non-hydrogen) atoms. The Morgan fingerprint density at radius 1 is 1.35 bits per heavy atom. The van der Waals surface area contributed by atoms with E-state index < -0.39 is 29.6 Å². The van der Waals surface area contributed by atoms with E-state index in [1.165, 1.54) is 7.11 Å². The second kappa shape index (κ2) is 7.08. The van der Waals surface area contributed by atoms with Gasteiger partial charge in [0.25, 0.3) is 0 Å². The molecule has 0 spiro atoms. The van der Waals surface area contributed by atoms with Crippen LogP contribution in [0.5, 0.6) is 5.75 Å². The van der Waals surface area contributed by atoms with Crippen molar-refractivity contribution in [2.24, 2.45) is 0 Å². The lowest BCUT2D eigenvalue weighted by atomic mass is 10.1. The van der Waals surface area contributed by atoms with Crippen LogP contribution >= 0.6 is 0 Å². The van der Waals surface area contributed by atoms with E-state index in [1.54, 1.807) is 0 Å². The molecule has 0 aliphatic carbocycles. The van der Waals surface area contributed by atoms with Gasteiger partial charge in [0.1, 0.15) is 17.4 Å². The summed E-state index contributed by atoms with van der Waals surface area (Å²) in [4.78, 5) is 26.5. The van der Waals surface area contributed by atoms with Crippen molar-refractivity contribution in [3.8, 4) is 5.75 Å². The average molecular weight is 246 g/mol. The third kappa shape index (κ3) is 4.85. The smallest absolute Gasteiger partial charge is 0.373 e. The summed E-state index contributed by atoms with van der Waals surface area (Å²) in [6, 6.07) is 1.89. The molecule has 5 nitrogen and oxygen atoms in total. The predicted molar refractivity (Wildman–Crippen MR) is 49.3 cm³/mol. The van der Waals surface area contributed by atoms with Gasteiger partial charge in [0.15, 0.2) is 0 Å². The Bertz CT molecular complexity index is 415. The van der Waals surface area contributed by atoms with E-state index in [-0.39, 0.29) is 11.9 Å². The third-order valence-electron chi connectivity index (χ3n) is 1.68. The van der Waals surface area contributed by atoms with E-state index in [1.807, 2.05) is 0 Å². The Morgan fingerprint density at radius 3 is 2.06 bits per heavy atom. The number of halogens is 2. The molecule has 0 aliphatic heterocycles. The Balaban J connectivity index is 0.000000770. The summed E-state index contributed by atoms with van der Waals surface area (Å²) in [5.41, 5.74) is -0.460. The van der Waals surface area contributed by atoms with Gasteiger partial charge in [0.2, 0.25) is 0 Å². The molecule has 0 fully saturated rings. The number of aliphatic carboxylic acids is 1. The van der Waals surface area contributed by atoms with Gasteiger partial charge in [-0.15, -0.1) is 0 Å². The van der Waals surface area contributed by atoms with Crippen molar-refractivity contribution < 1.29 is 33.0 Å². The Labute approximate surface area is 94.6 Å². The molecule has 0 radical (unpaired) electrons. The van der Waals surface area contributed by atoms with E-state index in [0.29, 0.717) is 0 Å². The number of carbonyl (C=O) groups is 1. The van der Waals surface area contributed by atoms with Gasteiger partial charge in [-0.2, -0.15) is 9.59 Å². The van der Waals surface area contributed by atoms with Crippen LogP contribution in [0.4, 0.5) is 8.78 Å². The molecule has 0 atom stereocenters. The topological polar surface area (TPSA) is 80.7 Å². The molecule has 0 aliphatic rings. The summed E-state index contributed by atoms with van der Waals surface area (Å²) in [6.07, 6.45) is -0.429. The van der Waals surface area contributed by atoms with Gasteiger partial charge < -0.3 is 9.84 Å². The van der Waals surface area contributed by atoms with Gasteiger partial charge >= 0.3 is 12.1 Å². The van der Waals surface area contributed by atoms with Crippen molar-refractivity contribution in [3.05, 3.63) is 29.3 Å². The summed E-state index contributed by atoms with van der Waals surface area (Å²) in [5.74, 6) is -3.09. The highest BCUT2D eigenvalue weighted by molar-refractivity contribution is 5.70. The standard InChI is InChI=1S/C9H8F2O3.CO2/c1-14-5-2-7(10)6(4-9(12)13)8(11)3-5;2-1-3/h2-3H,4H2,1H3,(H,12,13);. The van der Waals surface area contributed by atoms with Crippen LogP contribution in [-0.2, 0) is 20.8 Å². The SMILES string of the molecule is COc1cc(F)c(CC(=O)O)c(F)c1.O=C=O. The molecule has 0 heterocycles. The Kier molecular flexibility index (Phi) is 6.13. The van der Waals surface area contributed by atoms with Crippen LogP contribution in [0.2, 0.25) is 0 Å². The molecule has 0 unspecified atom stereocenters. The van der Waals surface area contributed by atoms with Crippen molar-refractivity contribution in [1.29, 1.82) is 0 Å². The fraction of sp³-hybridized carbons (Fsp3) is 0.200. The number of methoxy groups -OCH3 is 1. The van der Waals surface area contributed by atoms with Gasteiger partial charge in [-0.3, -0.25) is 4.79 Å². The molecule has 1 rings (SSSR count). The maximum atomic E-state index is 13.1. The minimum absolute atomic E-state index is 0.0224. The van der Waals surface area contributed by atoms with E-state index in [4.69, 9.17) is 14.7 Å². The highest BCUT2D eigenvalue weighted by Gasteiger charge is 2.14. The molecule has 1 aromatic carbocycles. The summed E-state index contributed by atoms with van der Waals surface area (Å²) in [5, 5.41) is 8.38. The fourth-order valence-corrected chi connectivity index (χ4v) is 1.02. The lowest BCUT2D eigenvalue weighted by molar-refractivity contribution is -0.191. The zero-order valence-corrected chi connectivity index (χ0v) is 8.70. The lowest BCUT2D eigenvalue weighted by Crippen LogP contribution is -2.05. The van der Waals surface area contributed by atoms with Crippen molar-refractivity contribution >= 4 is 12.1 Å². The van der Waals surface area contributed by atoms with Gasteiger partial charge in [-0.25, -0.2) is 8.78 Å². The summed E-state index contributed by atoms with van der Waals surface area (Å²) in [7, 11) is 1.27. The Hall–Kier alpha value is -2.27. The van der Waals surface area contributed by atoms with Crippen LogP contribution < -0.4 is 4.74 Å². The molecular formula is C10H8F2O5. The number of carboxylic acid groups (broad SMARTS) is 1. The number of benzene rings is 1. The lowest BCUT2D eigenvalue weighted by Gasteiger charge is -2.05. The number of carboxylic acids is 1. The van der Waals surface area contributed by atoms with Crippen molar-refractivity contribution in [3.63, 3.8) is 0 Å². The van der Waals surface area contributed by atoms with Gasteiger partial charge in [-0.1, -0.05) is 0 Å². The van der Waals surface area contributed by atoms with Crippen LogP contribution in [0.15, 0.2) is 12.1 Å². The normalized spacial score (nSPS) is 8.65. The predicted octanol–water partition coefficient (Wildman–Crippen LogP) is 1.02. The third-order valence-corrected chi connectivity index (χ3v) is 1.68. The molecule has 0 amide bonds. The first kappa shape index (κ1) is 14.7. The minimum Gasteiger partial charge on any atom is -0.497 e. The van der Waals surface area contributed by atoms with Gasteiger partial charge in [0.05, 0.1) is 13.5 Å². The zero-order valence-electron chi connectivity index (χ0n) is 8.70. The van der Waals surface area contributed by atoms with E-state index in [9.17, 15) is 13.6 Å². The monoisotopic (exact) mass is 246 g/mol. The molecular weight excluding hydrogens is 238 g/mol. The van der Waals surface area contributed by atoms with Crippen molar-refractivity contribution in [1.82, 2.24) is 0 Å². The first-order valence-corrected chi connectivity index (χ1v) is 4.19. The second-order valence-corrected chi connectivity index (χ2v) is 2.72. The van der Waals surface area contributed by atoms with Crippen LogP contribution in [0.3, 0.4) is 0 Å². The minimum atomic E-state index is -1.28. The number of rotatable bonds is 3. The molecule has 0 saturated carbocycles. The average Bonchev–Trinajstić information content (AvgIpc) is 2.24. The van der Waals surface area contributed by atoms with Gasteiger partial charge in [0, 0.05) is 17.7 Å². The largest absolute Gasteiger partial charge is 0.497 e. The molecule has 0 bridgehead atoms. The van der Waals surface area contributed by atoms with Crippen LogP contribution in [0.1, 0.15) is 5.56 Å². The van der Waals surface area contributed by atoms with E-state index in [0.717, 1.165) is 12.1 Å². The van der Waals surface area contributed by atoms with Crippen LogP contribution in [-0.4, -0.2) is 24.3 Å². The molecule has 92 valence electrons. The number of hydrogen-bond acceptors (Lipinski definition) is 4. The molecule has 0 aromatic heterocycles. The molecule has 0 saturated heterocycles. The maximum Gasteiger partial charge on any atom is 0.373 e. The van der Waals surface area contributed by atoms with Crippen molar-refractivity contribution in [2.75, 3.05) is 7.11 Å². The first-order valence-electron chi connectivity index (χ1n) is 4.19. The summed E-state index contributed by atoms with van der Waals surface area (Å²) < 4.78 is 30.8.